The van der Waals surface area contributed by atoms with Gasteiger partial charge >= 0.3 is 6.18 Å². The average Bonchev–Trinajstić information content (AvgIpc) is 2.25. The Labute approximate surface area is 96.2 Å². The summed E-state index contributed by atoms with van der Waals surface area (Å²) < 4.78 is 42.3. The zero-order chi connectivity index (χ0) is 12.9. The van der Waals surface area contributed by atoms with E-state index in [0.29, 0.717) is 12.6 Å². The number of rotatable bonds is 4. The van der Waals surface area contributed by atoms with Gasteiger partial charge in [-0.25, -0.2) is 4.98 Å². The van der Waals surface area contributed by atoms with Gasteiger partial charge in [-0.1, -0.05) is 5.92 Å². The number of nitrogens with zero attached hydrogens (tertiary/aromatic N) is 2. The van der Waals surface area contributed by atoms with Crippen LogP contribution in [0.1, 0.15) is 12.6 Å². The zero-order valence-electron chi connectivity index (χ0n) is 9.01. The predicted octanol–water partition coefficient (Wildman–Crippen LogP) is 1.94. The molecule has 0 spiro atoms. The lowest BCUT2D eigenvalue weighted by molar-refractivity contribution is -0.141. The minimum atomic E-state index is -4.55. The maximum atomic E-state index is 12.5. The highest BCUT2D eigenvalue weighted by Gasteiger charge is 2.34. The summed E-state index contributed by atoms with van der Waals surface area (Å²) in [5.74, 6) is 1.79. The van der Waals surface area contributed by atoms with Gasteiger partial charge in [0.1, 0.15) is 0 Å². The SMILES string of the molecule is C#CCOc1cc(C(F)(F)F)nc(NCC)n1. The molecule has 92 valence electrons. The van der Waals surface area contributed by atoms with E-state index < -0.39 is 11.9 Å². The van der Waals surface area contributed by atoms with Crippen LogP contribution in [0.15, 0.2) is 6.07 Å². The van der Waals surface area contributed by atoms with E-state index in [0.717, 1.165) is 0 Å². The van der Waals surface area contributed by atoms with E-state index in [1.165, 1.54) is 0 Å². The second-order valence-electron chi connectivity index (χ2n) is 2.94. The Kier molecular flexibility index (Phi) is 4.15. The molecule has 4 nitrogen and oxygen atoms in total. The molecule has 1 aromatic rings. The molecule has 1 N–H and O–H groups in total. The summed E-state index contributed by atoms with van der Waals surface area (Å²) in [4.78, 5) is 7.06. The Hall–Kier alpha value is -1.97. The molecule has 0 fully saturated rings. The predicted molar refractivity (Wildman–Crippen MR) is 55.5 cm³/mol. The van der Waals surface area contributed by atoms with Gasteiger partial charge < -0.3 is 10.1 Å². The van der Waals surface area contributed by atoms with Crippen LogP contribution in [0.4, 0.5) is 19.1 Å². The summed E-state index contributed by atoms with van der Waals surface area (Å²) in [6.07, 6.45) is 0.386. The van der Waals surface area contributed by atoms with Gasteiger partial charge in [0.25, 0.3) is 0 Å². The fourth-order valence-corrected chi connectivity index (χ4v) is 0.997. The van der Waals surface area contributed by atoms with Gasteiger partial charge in [0.2, 0.25) is 11.8 Å². The molecule has 0 aliphatic heterocycles. The summed E-state index contributed by atoms with van der Waals surface area (Å²) >= 11 is 0. The Morgan fingerprint density at radius 1 is 1.47 bits per heavy atom. The van der Waals surface area contributed by atoms with Crippen LogP contribution in [-0.4, -0.2) is 23.1 Å². The zero-order valence-corrected chi connectivity index (χ0v) is 9.01. The molecular weight excluding hydrogens is 235 g/mol. The molecule has 0 atom stereocenters. The summed E-state index contributed by atoms with van der Waals surface area (Å²) in [5, 5.41) is 2.58. The smallest absolute Gasteiger partial charge is 0.433 e. The van der Waals surface area contributed by atoms with Crippen molar-refractivity contribution >= 4 is 5.95 Å². The molecule has 0 bridgehead atoms. The number of halogens is 3. The van der Waals surface area contributed by atoms with Gasteiger partial charge in [-0.3, -0.25) is 0 Å². The Bertz CT molecular complexity index is 426. The van der Waals surface area contributed by atoms with Crippen molar-refractivity contribution < 1.29 is 17.9 Å². The normalized spacial score (nSPS) is 10.8. The fraction of sp³-hybridized carbons (Fsp3) is 0.400. The van der Waals surface area contributed by atoms with Gasteiger partial charge in [0.15, 0.2) is 12.3 Å². The maximum absolute atomic E-state index is 12.5. The third-order valence-electron chi connectivity index (χ3n) is 1.63. The highest BCUT2D eigenvalue weighted by Crippen LogP contribution is 2.30. The average molecular weight is 245 g/mol. The van der Waals surface area contributed by atoms with Gasteiger partial charge in [0, 0.05) is 12.6 Å². The first-order chi connectivity index (χ1) is 7.97. The lowest BCUT2D eigenvalue weighted by atomic mass is 10.4. The van der Waals surface area contributed by atoms with Crippen molar-refractivity contribution in [3.63, 3.8) is 0 Å². The minimum absolute atomic E-state index is 0.144. The van der Waals surface area contributed by atoms with Crippen molar-refractivity contribution in [2.45, 2.75) is 13.1 Å². The van der Waals surface area contributed by atoms with E-state index in [1.54, 1.807) is 6.92 Å². The first-order valence-corrected chi connectivity index (χ1v) is 4.73. The van der Waals surface area contributed by atoms with Crippen LogP contribution in [0.2, 0.25) is 0 Å². The van der Waals surface area contributed by atoms with Crippen LogP contribution in [0.3, 0.4) is 0 Å². The van der Waals surface area contributed by atoms with E-state index >= 15 is 0 Å². The van der Waals surface area contributed by atoms with Crippen LogP contribution in [0.5, 0.6) is 5.88 Å². The number of hydrogen-bond donors (Lipinski definition) is 1. The number of alkyl halides is 3. The van der Waals surface area contributed by atoms with E-state index in [1.807, 2.05) is 0 Å². The van der Waals surface area contributed by atoms with Crippen molar-refractivity contribution in [3.8, 4) is 18.2 Å². The number of ether oxygens (including phenoxy) is 1. The molecule has 0 unspecified atom stereocenters. The molecule has 7 heteroatoms. The van der Waals surface area contributed by atoms with Crippen molar-refractivity contribution in [1.82, 2.24) is 9.97 Å². The van der Waals surface area contributed by atoms with E-state index in [9.17, 15) is 13.2 Å². The van der Waals surface area contributed by atoms with Gasteiger partial charge in [0.05, 0.1) is 0 Å². The number of anilines is 1. The molecule has 0 aliphatic carbocycles. The van der Waals surface area contributed by atoms with Gasteiger partial charge in [-0.15, -0.1) is 6.42 Å². The third kappa shape index (κ3) is 3.83. The lowest BCUT2D eigenvalue weighted by Gasteiger charge is -2.10. The molecule has 0 aliphatic rings. The quantitative estimate of drug-likeness (QED) is 0.823. The third-order valence-corrected chi connectivity index (χ3v) is 1.63. The van der Waals surface area contributed by atoms with Crippen molar-refractivity contribution in [2.75, 3.05) is 18.5 Å². The topological polar surface area (TPSA) is 47.0 Å². The fourth-order valence-electron chi connectivity index (χ4n) is 0.997. The number of hydrogen-bond acceptors (Lipinski definition) is 4. The van der Waals surface area contributed by atoms with Crippen molar-refractivity contribution in [2.24, 2.45) is 0 Å². The first kappa shape index (κ1) is 13.1. The number of terminal acetylenes is 1. The van der Waals surface area contributed by atoms with Crippen molar-refractivity contribution in [1.29, 1.82) is 0 Å². The van der Waals surface area contributed by atoms with Crippen molar-refractivity contribution in [3.05, 3.63) is 11.8 Å². The monoisotopic (exact) mass is 245 g/mol. The number of aromatic nitrogens is 2. The largest absolute Gasteiger partial charge is 0.464 e. The Morgan fingerprint density at radius 2 is 2.18 bits per heavy atom. The Morgan fingerprint density at radius 3 is 2.71 bits per heavy atom. The second kappa shape index (κ2) is 5.39. The molecule has 0 radical (unpaired) electrons. The molecule has 0 amide bonds. The standard InChI is InChI=1S/C10H10F3N3O/c1-3-5-17-8-6-7(10(11,12)13)15-9(16-8)14-4-2/h1,6H,4-5H2,2H3,(H,14,15,16). The summed E-state index contributed by atoms with van der Waals surface area (Å²) in [6.45, 7) is 1.96. The van der Waals surface area contributed by atoms with Crippen LogP contribution in [-0.2, 0) is 6.18 Å². The molecule has 1 heterocycles. The van der Waals surface area contributed by atoms with Crippen LogP contribution < -0.4 is 10.1 Å². The van der Waals surface area contributed by atoms with Crippen LogP contribution in [0.25, 0.3) is 0 Å². The molecule has 1 aromatic heterocycles. The molecule has 1 rings (SSSR count). The first-order valence-electron chi connectivity index (χ1n) is 4.73. The van der Waals surface area contributed by atoms with Crippen LogP contribution >= 0.6 is 0 Å². The molecule has 0 aromatic carbocycles. The van der Waals surface area contributed by atoms with E-state index in [-0.39, 0.29) is 18.4 Å². The summed E-state index contributed by atoms with van der Waals surface area (Å²) in [5.41, 5.74) is -1.07. The van der Waals surface area contributed by atoms with E-state index in [4.69, 9.17) is 11.2 Å². The highest BCUT2D eigenvalue weighted by molar-refractivity contribution is 5.32. The van der Waals surface area contributed by atoms with E-state index in [2.05, 4.69) is 21.2 Å². The minimum Gasteiger partial charge on any atom is -0.464 e. The van der Waals surface area contributed by atoms with Gasteiger partial charge in [-0.05, 0) is 6.92 Å². The summed E-state index contributed by atoms with van der Waals surface area (Å²) in [6, 6.07) is 0.707. The molecule has 0 saturated carbocycles. The molecule has 17 heavy (non-hydrogen) atoms. The second-order valence-corrected chi connectivity index (χ2v) is 2.94. The van der Waals surface area contributed by atoms with Crippen LogP contribution in [0, 0.1) is 12.3 Å². The summed E-state index contributed by atoms with van der Waals surface area (Å²) in [7, 11) is 0. The maximum Gasteiger partial charge on any atom is 0.433 e. The Balaban J connectivity index is 3.06. The molecular formula is C10H10F3N3O. The lowest BCUT2D eigenvalue weighted by Crippen LogP contribution is -2.13. The van der Waals surface area contributed by atoms with Gasteiger partial charge in [-0.2, -0.15) is 18.2 Å². The highest BCUT2D eigenvalue weighted by atomic mass is 19.4. The number of nitrogens with one attached hydrogen (secondary N) is 1. The molecule has 0 saturated heterocycles.